The molecule has 86 valence electrons. The molecule has 1 saturated carbocycles. The molecule has 0 radical (unpaired) electrons. The van der Waals surface area contributed by atoms with E-state index in [0.29, 0.717) is 10.6 Å². The van der Waals surface area contributed by atoms with Crippen LogP contribution in [0.25, 0.3) is 0 Å². The van der Waals surface area contributed by atoms with Gasteiger partial charge in [0.2, 0.25) is 0 Å². The smallest absolute Gasteiger partial charge is 0.251 e. The van der Waals surface area contributed by atoms with Gasteiger partial charge in [0.1, 0.15) is 0 Å². The molecule has 0 aliphatic heterocycles. The molecular formula is C12H15ClN2O. The Bertz CT molecular complexity index is 413. The third kappa shape index (κ3) is 2.20. The summed E-state index contributed by atoms with van der Waals surface area (Å²) in [6.07, 6.45) is 1.73. The van der Waals surface area contributed by atoms with Gasteiger partial charge in [-0.15, -0.1) is 0 Å². The number of hydrogen-bond donors (Lipinski definition) is 2. The van der Waals surface area contributed by atoms with E-state index in [1.807, 2.05) is 6.92 Å². The zero-order valence-electron chi connectivity index (χ0n) is 9.16. The molecule has 3 nitrogen and oxygen atoms in total. The van der Waals surface area contributed by atoms with E-state index >= 15 is 0 Å². The summed E-state index contributed by atoms with van der Waals surface area (Å²) in [5.74, 6) is -0.0584. The second kappa shape index (κ2) is 4.44. The van der Waals surface area contributed by atoms with Crippen molar-refractivity contribution in [3.63, 3.8) is 0 Å². The fourth-order valence-electron chi connectivity index (χ4n) is 1.90. The third-order valence-corrected chi connectivity index (χ3v) is 3.43. The van der Waals surface area contributed by atoms with Gasteiger partial charge in [0.15, 0.2) is 0 Å². The quantitative estimate of drug-likeness (QED) is 0.827. The Kier molecular flexibility index (Phi) is 3.17. The van der Waals surface area contributed by atoms with Crippen molar-refractivity contribution in [3.8, 4) is 0 Å². The Labute approximate surface area is 100.0 Å². The van der Waals surface area contributed by atoms with Gasteiger partial charge in [0, 0.05) is 22.7 Å². The number of nitrogens with one attached hydrogen (secondary N) is 1. The van der Waals surface area contributed by atoms with Crippen molar-refractivity contribution >= 4 is 17.5 Å². The van der Waals surface area contributed by atoms with Gasteiger partial charge < -0.3 is 11.1 Å². The van der Waals surface area contributed by atoms with Crippen LogP contribution in [-0.2, 0) is 0 Å². The number of halogens is 1. The van der Waals surface area contributed by atoms with E-state index in [-0.39, 0.29) is 18.0 Å². The van der Waals surface area contributed by atoms with Gasteiger partial charge in [-0.3, -0.25) is 4.79 Å². The maximum absolute atomic E-state index is 11.9. The molecule has 0 spiro atoms. The number of rotatable bonds is 2. The zero-order valence-corrected chi connectivity index (χ0v) is 9.92. The minimum Gasteiger partial charge on any atom is -0.349 e. The first-order valence-corrected chi connectivity index (χ1v) is 5.77. The van der Waals surface area contributed by atoms with Crippen LogP contribution in [0.15, 0.2) is 18.2 Å². The fourth-order valence-corrected chi connectivity index (χ4v) is 2.07. The van der Waals surface area contributed by atoms with Crippen LogP contribution >= 0.6 is 11.6 Å². The van der Waals surface area contributed by atoms with Crippen LogP contribution in [0.3, 0.4) is 0 Å². The monoisotopic (exact) mass is 238 g/mol. The summed E-state index contributed by atoms with van der Waals surface area (Å²) in [6.45, 7) is 1.85. The van der Waals surface area contributed by atoms with Crippen molar-refractivity contribution in [1.82, 2.24) is 5.32 Å². The topological polar surface area (TPSA) is 55.1 Å². The molecule has 1 aromatic rings. The minimum atomic E-state index is -0.0584. The molecule has 3 N–H and O–H groups in total. The first-order valence-electron chi connectivity index (χ1n) is 5.39. The van der Waals surface area contributed by atoms with E-state index in [9.17, 15) is 4.79 Å². The third-order valence-electron chi connectivity index (χ3n) is 3.02. The maximum atomic E-state index is 11.9. The highest BCUT2D eigenvalue weighted by Gasteiger charge is 2.27. The second-order valence-electron chi connectivity index (χ2n) is 4.31. The molecule has 0 unspecified atom stereocenters. The van der Waals surface area contributed by atoms with Gasteiger partial charge in [0.25, 0.3) is 5.91 Å². The van der Waals surface area contributed by atoms with Crippen LogP contribution in [0.4, 0.5) is 0 Å². The van der Waals surface area contributed by atoms with Crippen molar-refractivity contribution in [2.45, 2.75) is 31.8 Å². The second-order valence-corrected chi connectivity index (χ2v) is 4.72. The highest BCUT2D eigenvalue weighted by Crippen LogP contribution is 2.21. The highest BCUT2D eigenvalue weighted by molar-refractivity contribution is 6.31. The molecule has 1 aromatic carbocycles. The van der Waals surface area contributed by atoms with Crippen LogP contribution in [0, 0.1) is 6.92 Å². The zero-order chi connectivity index (χ0) is 11.7. The van der Waals surface area contributed by atoms with Gasteiger partial charge in [-0.25, -0.2) is 0 Å². The molecule has 0 heterocycles. The van der Waals surface area contributed by atoms with E-state index in [0.717, 1.165) is 18.4 Å². The number of benzene rings is 1. The summed E-state index contributed by atoms with van der Waals surface area (Å²) < 4.78 is 0. The molecule has 4 heteroatoms. The average Bonchev–Trinajstić information content (AvgIpc) is 2.19. The molecule has 2 rings (SSSR count). The van der Waals surface area contributed by atoms with E-state index < -0.39 is 0 Å². The summed E-state index contributed by atoms with van der Waals surface area (Å²) in [6, 6.07) is 5.82. The van der Waals surface area contributed by atoms with Crippen molar-refractivity contribution < 1.29 is 4.79 Å². The van der Waals surface area contributed by atoms with Crippen molar-refractivity contribution in [2.75, 3.05) is 0 Å². The molecule has 1 amide bonds. The predicted octanol–water partition coefficient (Wildman–Crippen LogP) is 1.87. The molecule has 0 saturated heterocycles. The lowest BCUT2D eigenvalue weighted by molar-refractivity contribution is 0.0909. The molecule has 1 aliphatic carbocycles. The Morgan fingerprint density at radius 2 is 2.19 bits per heavy atom. The highest BCUT2D eigenvalue weighted by atomic mass is 35.5. The van der Waals surface area contributed by atoms with Gasteiger partial charge >= 0.3 is 0 Å². The first kappa shape index (κ1) is 11.4. The SMILES string of the molecule is Cc1c(Cl)cccc1C(=O)NC1CC(N)C1. The molecule has 0 bridgehead atoms. The summed E-state index contributed by atoms with van der Waals surface area (Å²) in [4.78, 5) is 11.9. The van der Waals surface area contributed by atoms with E-state index in [4.69, 9.17) is 17.3 Å². The van der Waals surface area contributed by atoms with E-state index in [1.165, 1.54) is 0 Å². The van der Waals surface area contributed by atoms with Crippen LogP contribution in [0.1, 0.15) is 28.8 Å². The van der Waals surface area contributed by atoms with Gasteiger partial charge in [-0.2, -0.15) is 0 Å². The maximum Gasteiger partial charge on any atom is 0.251 e. The number of carbonyl (C=O) groups is 1. The first-order chi connectivity index (χ1) is 7.58. The van der Waals surface area contributed by atoms with Gasteiger partial charge in [-0.05, 0) is 37.5 Å². The molecular weight excluding hydrogens is 224 g/mol. The van der Waals surface area contributed by atoms with Gasteiger partial charge in [-0.1, -0.05) is 17.7 Å². The predicted molar refractivity (Wildman–Crippen MR) is 64.7 cm³/mol. The largest absolute Gasteiger partial charge is 0.349 e. The van der Waals surface area contributed by atoms with Crippen LogP contribution in [0.5, 0.6) is 0 Å². The molecule has 16 heavy (non-hydrogen) atoms. The summed E-state index contributed by atoms with van der Waals surface area (Å²) in [5.41, 5.74) is 7.14. The number of nitrogens with two attached hydrogens (primary N) is 1. The molecule has 1 aliphatic rings. The lowest BCUT2D eigenvalue weighted by atomic mass is 9.87. The van der Waals surface area contributed by atoms with Crippen LogP contribution in [-0.4, -0.2) is 18.0 Å². The summed E-state index contributed by atoms with van der Waals surface area (Å²) in [5, 5.41) is 3.58. The molecule has 0 aromatic heterocycles. The Morgan fingerprint density at radius 1 is 1.50 bits per heavy atom. The summed E-state index contributed by atoms with van der Waals surface area (Å²) >= 11 is 5.97. The fraction of sp³-hybridized carbons (Fsp3) is 0.417. The minimum absolute atomic E-state index is 0.0584. The normalized spacial score (nSPS) is 23.7. The molecule has 0 atom stereocenters. The van der Waals surface area contributed by atoms with Crippen LogP contribution < -0.4 is 11.1 Å². The lowest BCUT2D eigenvalue weighted by Gasteiger charge is -2.33. The van der Waals surface area contributed by atoms with Gasteiger partial charge in [0.05, 0.1) is 0 Å². The summed E-state index contributed by atoms with van der Waals surface area (Å²) in [7, 11) is 0. The van der Waals surface area contributed by atoms with Crippen molar-refractivity contribution in [3.05, 3.63) is 34.3 Å². The number of hydrogen-bond acceptors (Lipinski definition) is 2. The number of carbonyl (C=O) groups excluding carboxylic acids is 1. The standard InChI is InChI=1S/C12H15ClN2O/c1-7-10(3-2-4-11(7)13)12(16)15-9-5-8(14)6-9/h2-4,8-9H,5-6,14H2,1H3,(H,15,16). The Morgan fingerprint density at radius 3 is 2.81 bits per heavy atom. The van der Waals surface area contributed by atoms with Crippen molar-refractivity contribution in [1.29, 1.82) is 0 Å². The number of amides is 1. The average molecular weight is 239 g/mol. The Balaban J connectivity index is 2.06. The molecule has 1 fully saturated rings. The van der Waals surface area contributed by atoms with E-state index in [1.54, 1.807) is 18.2 Å². The van der Waals surface area contributed by atoms with Crippen molar-refractivity contribution in [2.24, 2.45) is 5.73 Å². The van der Waals surface area contributed by atoms with E-state index in [2.05, 4.69) is 5.32 Å². The van der Waals surface area contributed by atoms with Crippen LogP contribution in [0.2, 0.25) is 5.02 Å². The Hall–Kier alpha value is -1.06. The lowest BCUT2D eigenvalue weighted by Crippen LogP contribution is -2.50.